The van der Waals surface area contributed by atoms with Gasteiger partial charge in [0.1, 0.15) is 11.2 Å². The molecule has 2 aromatic heterocycles. The van der Waals surface area contributed by atoms with Crippen LogP contribution in [0, 0.1) is 0 Å². The number of rotatable bonds is 8. The highest BCUT2D eigenvalue weighted by Gasteiger charge is 2.19. The zero-order valence-corrected chi connectivity index (χ0v) is 38.7. The number of aromatic nitrogens is 1. The fourth-order valence-electron chi connectivity index (χ4n) is 11.1. The lowest BCUT2D eigenvalue weighted by atomic mass is 9.93. The summed E-state index contributed by atoms with van der Waals surface area (Å²) in [5, 5.41) is 9.79. The number of nitrogens with zero attached hydrogens (tertiary/aromatic N) is 2. The lowest BCUT2D eigenvalue weighted by molar-refractivity contribution is 0.670. The smallest absolute Gasteiger partial charge is 0.143 e. The van der Waals surface area contributed by atoms with Crippen molar-refractivity contribution in [2.24, 2.45) is 0 Å². The van der Waals surface area contributed by atoms with Gasteiger partial charge in [-0.25, -0.2) is 0 Å². The average Bonchev–Trinajstić information content (AvgIpc) is 4.00. The van der Waals surface area contributed by atoms with Crippen LogP contribution in [-0.2, 0) is 0 Å². The Balaban J connectivity index is 0.844. The van der Waals surface area contributed by atoms with Gasteiger partial charge in [-0.05, 0) is 122 Å². The van der Waals surface area contributed by atoms with Gasteiger partial charge in [0.05, 0.1) is 16.7 Å². The third-order valence-corrected chi connectivity index (χ3v) is 14.4. The van der Waals surface area contributed by atoms with Crippen LogP contribution in [0.2, 0.25) is 0 Å². The number of benzene rings is 12. The summed E-state index contributed by atoms with van der Waals surface area (Å²) in [6.07, 6.45) is 0. The largest absolute Gasteiger partial charge is 0.455 e. The molecule has 0 aliphatic heterocycles. The second-order valence-electron chi connectivity index (χ2n) is 18.4. The van der Waals surface area contributed by atoms with Gasteiger partial charge >= 0.3 is 0 Å². The molecule has 0 spiro atoms. The number of para-hydroxylation sites is 5. The molecule has 12 aromatic carbocycles. The molecule has 0 saturated carbocycles. The van der Waals surface area contributed by atoms with E-state index in [1.807, 2.05) is 12.1 Å². The molecule has 14 rings (SSSR count). The quantitative estimate of drug-likeness (QED) is 0.142. The van der Waals surface area contributed by atoms with Crippen molar-refractivity contribution >= 4 is 82.4 Å². The van der Waals surface area contributed by atoms with Gasteiger partial charge in [-0.15, -0.1) is 0 Å². The van der Waals surface area contributed by atoms with Crippen LogP contribution in [0.25, 0.3) is 115 Å². The molecule has 0 aliphatic rings. The van der Waals surface area contributed by atoms with E-state index in [4.69, 9.17) is 4.42 Å². The predicted octanol–water partition coefficient (Wildman–Crippen LogP) is 19.1. The van der Waals surface area contributed by atoms with E-state index >= 15 is 0 Å². The Morgan fingerprint density at radius 3 is 1.52 bits per heavy atom. The first-order chi connectivity index (χ1) is 35.2. The van der Waals surface area contributed by atoms with E-state index in [1.54, 1.807) is 0 Å². The normalized spacial score (nSPS) is 11.7. The topological polar surface area (TPSA) is 21.3 Å². The van der Waals surface area contributed by atoms with Gasteiger partial charge in [-0.2, -0.15) is 0 Å². The van der Waals surface area contributed by atoms with Crippen molar-refractivity contribution < 1.29 is 4.42 Å². The summed E-state index contributed by atoms with van der Waals surface area (Å²) in [6.45, 7) is 0. The number of furan rings is 1. The highest BCUT2D eigenvalue weighted by molar-refractivity contribution is 6.14. The number of anilines is 3. The van der Waals surface area contributed by atoms with Crippen molar-refractivity contribution in [1.29, 1.82) is 0 Å². The van der Waals surface area contributed by atoms with Crippen molar-refractivity contribution in [3.8, 4) is 50.2 Å². The van der Waals surface area contributed by atoms with Gasteiger partial charge in [0.15, 0.2) is 0 Å². The van der Waals surface area contributed by atoms with Gasteiger partial charge in [0.25, 0.3) is 0 Å². The van der Waals surface area contributed by atoms with Gasteiger partial charge in [0.2, 0.25) is 0 Å². The molecule has 0 bridgehead atoms. The fraction of sp³-hybridized carbons (Fsp3) is 0. The number of hydrogen-bond donors (Lipinski definition) is 0. The molecular weight excluding hydrogens is 861 g/mol. The lowest BCUT2D eigenvalue weighted by Crippen LogP contribution is -2.10. The van der Waals surface area contributed by atoms with Crippen LogP contribution in [0.15, 0.2) is 271 Å². The number of fused-ring (bicyclic) bond motifs is 9. The molecule has 332 valence electrons. The van der Waals surface area contributed by atoms with Gasteiger partial charge < -0.3 is 13.9 Å². The molecule has 0 radical (unpaired) electrons. The molecule has 0 fully saturated rings. The maximum atomic E-state index is 6.55. The molecule has 14 aromatic rings. The summed E-state index contributed by atoms with van der Waals surface area (Å²) in [6, 6.07) is 96.6. The van der Waals surface area contributed by atoms with Crippen molar-refractivity contribution in [3.63, 3.8) is 0 Å². The molecule has 0 amide bonds. The predicted molar refractivity (Wildman–Crippen MR) is 299 cm³/mol. The Hall–Kier alpha value is -9.44. The molecule has 71 heavy (non-hydrogen) atoms. The van der Waals surface area contributed by atoms with Crippen molar-refractivity contribution in [2.45, 2.75) is 0 Å². The molecule has 0 saturated heterocycles. The fourth-order valence-corrected chi connectivity index (χ4v) is 11.1. The monoisotopic (exact) mass is 904 g/mol. The third-order valence-electron chi connectivity index (χ3n) is 14.4. The second kappa shape index (κ2) is 16.7. The van der Waals surface area contributed by atoms with Crippen LogP contribution >= 0.6 is 0 Å². The van der Waals surface area contributed by atoms with Crippen LogP contribution in [0.1, 0.15) is 0 Å². The molecule has 3 nitrogen and oxygen atoms in total. The molecule has 3 heteroatoms. The standard InChI is InChI=1S/C68H44N2O/c1-2-18-54-50(15-1)44-63(58-21-4-3-20-57(54)58)48-37-41-52(42-38-48)69(53-17-13-16-49(43-53)56-25-14-26-62-61-24-8-12-30-67(61)71-68(56)62)51-39-35-46(36-40-51)45-31-33-47(34-32-45)55-19-5-9-27-64(55)70-65-28-10-6-22-59(65)60-23-7-11-29-66(60)70/h1-44H. The van der Waals surface area contributed by atoms with Crippen molar-refractivity contribution in [1.82, 2.24) is 4.57 Å². The maximum Gasteiger partial charge on any atom is 0.143 e. The van der Waals surface area contributed by atoms with Crippen LogP contribution < -0.4 is 4.90 Å². The van der Waals surface area contributed by atoms with E-state index in [0.717, 1.165) is 61.3 Å². The molecule has 0 aliphatic carbocycles. The third kappa shape index (κ3) is 6.82. The van der Waals surface area contributed by atoms with E-state index in [9.17, 15) is 0 Å². The Labute approximate surface area is 411 Å². The Bertz CT molecular complexity index is 4280. The summed E-state index contributed by atoms with van der Waals surface area (Å²) < 4.78 is 8.96. The maximum absolute atomic E-state index is 6.55. The first-order valence-electron chi connectivity index (χ1n) is 24.3. The lowest BCUT2D eigenvalue weighted by Gasteiger charge is -2.26. The van der Waals surface area contributed by atoms with Crippen LogP contribution in [-0.4, -0.2) is 4.57 Å². The highest BCUT2D eigenvalue weighted by Crippen LogP contribution is 2.43. The minimum absolute atomic E-state index is 0.894. The molecule has 0 N–H and O–H groups in total. The van der Waals surface area contributed by atoms with Gasteiger partial charge in [0, 0.05) is 49.7 Å². The Morgan fingerprint density at radius 2 is 0.789 bits per heavy atom. The van der Waals surface area contributed by atoms with E-state index in [2.05, 4.69) is 264 Å². The SMILES string of the molecule is c1cc(-c2cccc3c2oc2ccccc23)cc(N(c2ccc(-c3ccc(-c4ccccc4-n4c5ccccc5c5ccccc54)cc3)cc2)c2ccc(-c3cc4ccccc4c4ccccc34)cc2)c1. The molecule has 0 atom stereocenters. The van der Waals surface area contributed by atoms with Crippen LogP contribution in [0.5, 0.6) is 0 Å². The number of hydrogen-bond acceptors (Lipinski definition) is 2. The summed E-state index contributed by atoms with van der Waals surface area (Å²) >= 11 is 0. The van der Waals surface area contributed by atoms with E-state index in [1.165, 1.54) is 71.3 Å². The van der Waals surface area contributed by atoms with E-state index in [0.29, 0.717) is 0 Å². The summed E-state index contributed by atoms with van der Waals surface area (Å²) in [7, 11) is 0. The first kappa shape index (κ1) is 40.6. The summed E-state index contributed by atoms with van der Waals surface area (Å²) in [5.74, 6) is 0. The first-order valence-corrected chi connectivity index (χ1v) is 24.3. The second-order valence-corrected chi connectivity index (χ2v) is 18.4. The summed E-state index contributed by atoms with van der Waals surface area (Å²) in [5.41, 5.74) is 17.8. The van der Waals surface area contributed by atoms with Crippen LogP contribution in [0.3, 0.4) is 0 Å². The molecule has 2 heterocycles. The molecule has 0 unspecified atom stereocenters. The Kier molecular flexibility index (Phi) is 9.53. The zero-order valence-electron chi connectivity index (χ0n) is 38.7. The van der Waals surface area contributed by atoms with E-state index in [-0.39, 0.29) is 0 Å². The molecular formula is C68H44N2O. The minimum atomic E-state index is 0.894. The van der Waals surface area contributed by atoms with Gasteiger partial charge in [-0.1, -0.05) is 200 Å². The van der Waals surface area contributed by atoms with E-state index < -0.39 is 0 Å². The van der Waals surface area contributed by atoms with Crippen molar-refractivity contribution in [2.75, 3.05) is 4.90 Å². The van der Waals surface area contributed by atoms with Crippen molar-refractivity contribution in [3.05, 3.63) is 267 Å². The highest BCUT2D eigenvalue weighted by atomic mass is 16.3. The summed E-state index contributed by atoms with van der Waals surface area (Å²) in [4.78, 5) is 2.36. The van der Waals surface area contributed by atoms with Gasteiger partial charge in [-0.3, -0.25) is 0 Å². The zero-order chi connectivity index (χ0) is 46.8. The average molecular weight is 905 g/mol. The Morgan fingerprint density at radius 1 is 0.282 bits per heavy atom. The van der Waals surface area contributed by atoms with Crippen LogP contribution in [0.4, 0.5) is 17.1 Å². The minimum Gasteiger partial charge on any atom is -0.455 e.